The van der Waals surface area contributed by atoms with Gasteiger partial charge in [-0.05, 0) is 43.2 Å². The third kappa shape index (κ3) is 1.52. The van der Waals surface area contributed by atoms with Crippen LogP contribution in [0.15, 0.2) is 24.4 Å². The fourth-order valence-electron chi connectivity index (χ4n) is 1.46. The van der Waals surface area contributed by atoms with Crippen LogP contribution in [0.1, 0.15) is 11.1 Å². The Morgan fingerprint density at radius 1 is 1.08 bits per heavy atom. The second-order valence-electron chi connectivity index (χ2n) is 3.33. The molecule has 0 spiro atoms. The van der Waals surface area contributed by atoms with E-state index >= 15 is 0 Å². The van der Waals surface area contributed by atoms with Crippen molar-refractivity contribution < 1.29 is 0 Å². The van der Waals surface area contributed by atoms with Crippen LogP contribution >= 0.6 is 11.6 Å². The fourth-order valence-corrected chi connectivity index (χ4v) is 1.79. The van der Waals surface area contributed by atoms with Gasteiger partial charge in [0.25, 0.3) is 0 Å². The smallest absolute Gasteiger partial charge is 0.0888 e. The highest BCUT2D eigenvalue weighted by Gasteiger charge is 2.01. The van der Waals surface area contributed by atoms with E-state index in [1.807, 2.05) is 26.1 Å². The summed E-state index contributed by atoms with van der Waals surface area (Å²) in [6.45, 7) is 4.07. The molecule has 1 aromatic carbocycles. The number of nitrogens with zero attached hydrogens (tertiary/aromatic N) is 1. The lowest BCUT2D eigenvalue weighted by Crippen LogP contribution is -1.83. The lowest BCUT2D eigenvalue weighted by molar-refractivity contribution is 1.33. The Morgan fingerprint density at radius 2 is 1.77 bits per heavy atom. The molecule has 1 aromatic heterocycles. The largest absolute Gasteiger partial charge is 0.254 e. The minimum atomic E-state index is 0.731. The molecule has 0 aliphatic carbocycles. The monoisotopic (exact) mass is 191 g/mol. The van der Waals surface area contributed by atoms with Crippen LogP contribution in [-0.4, -0.2) is 4.98 Å². The van der Waals surface area contributed by atoms with Crippen molar-refractivity contribution in [1.29, 1.82) is 0 Å². The first-order valence-corrected chi connectivity index (χ1v) is 4.57. The summed E-state index contributed by atoms with van der Waals surface area (Å²) in [5.74, 6) is 0. The van der Waals surface area contributed by atoms with Crippen LogP contribution in [0.2, 0.25) is 5.02 Å². The van der Waals surface area contributed by atoms with E-state index in [-0.39, 0.29) is 0 Å². The molecule has 0 N–H and O–H groups in total. The molecule has 0 amide bonds. The first kappa shape index (κ1) is 8.52. The number of rotatable bonds is 0. The SMILES string of the molecule is Cc1cnc2c(Cl)cc(C)cc2c1. The lowest BCUT2D eigenvalue weighted by atomic mass is 10.1. The Labute approximate surface area is 82.4 Å². The molecule has 0 atom stereocenters. The van der Waals surface area contributed by atoms with Crippen molar-refractivity contribution in [2.45, 2.75) is 13.8 Å². The van der Waals surface area contributed by atoms with Crippen LogP contribution in [0.4, 0.5) is 0 Å². The van der Waals surface area contributed by atoms with Crippen molar-refractivity contribution in [3.05, 3.63) is 40.5 Å². The summed E-state index contributed by atoms with van der Waals surface area (Å²) in [6.07, 6.45) is 1.84. The molecule has 1 nitrogen and oxygen atoms in total. The fraction of sp³-hybridized carbons (Fsp3) is 0.182. The maximum absolute atomic E-state index is 6.05. The molecule has 0 saturated carbocycles. The van der Waals surface area contributed by atoms with Crippen molar-refractivity contribution in [3.8, 4) is 0 Å². The first-order chi connectivity index (χ1) is 6.16. The summed E-state index contributed by atoms with van der Waals surface area (Å²) < 4.78 is 0. The molecule has 0 aliphatic rings. The number of halogens is 1. The van der Waals surface area contributed by atoms with Crippen LogP contribution in [-0.2, 0) is 0 Å². The number of pyridine rings is 1. The topological polar surface area (TPSA) is 12.9 Å². The zero-order chi connectivity index (χ0) is 9.42. The van der Waals surface area contributed by atoms with Gasteiger partial charge in [0.2, 0.25) is 0 Å². The molecule has 13 heavy (non-hydrogen) atoms. The van der Waals surface area contributed by atoms with E-state index < -0.39 is 0 Å². The van der Waals surface area contributed by atoms with Gasteiger partial charge in [-0.25, -0.2) is 0 Å². The van der Waals surface area contributed by atoms with Crippen LogP contribution in [0.3, 0.4) is 0 Å². The van der Waals surface area contributed by atoms with Gasteiger partial charge in [-0.15, -0.1) is 0 Å². The van der Waals surface area contributed by atoms with E-state index in [1.165, 1.54) is 5.56 Å². The molecule has 2 rings (SSSR count). The molecule has 0 fully saturated rings. The Morgan fingerprint density at radius 3 is 2.54 bits per heavy atom. The summed E-state index contributed by atoms with van der Waals surface area (Å²) in [4.78, 5) is 4.29. The first-order valence-electron chi connectivity index (χ1n) is 4.19. The Hall–Kier alpha value is -1.08. The number of hydrogen-bond donors (Lipinski definition) is 0. The molecule has 0 radical (unpaired) electrons. The van der Waals surface area contributed by atoms with E-state index in [4.69, 9.17) is 11.6 Å². The molecule has 0 aliphatic heterocycles. The van der Waals surface area contributed by atoms with Crippen molar-refractivity contribution in [1.82, 2.24) is 4.98 Å². The quantitative estimate of drug-likeness (QED) is 0.621. The minimum absolute atomic E-state index is 0.731. The third-order valence-electron chi connectivity index (χ3n) is 2.02. The zero-order valence-corrected chi connectivity index (χ0v) is 8.39. The van der Waals surface area contributed by atoms with E-state index in [1.54, 1.807) is 0 Å². The number of aryl methyl sites for hydroxylation is 2. The van der Waals surface area contributed by atoms with Gasteiger partial charge < -0.3 is 0 Å². The molecule has 2 aromatic rings. The van der Waals surface area contributed by atoms with Crippen molar-refractivity contribution >= 4 is 22.5 Å². The second kappa shape index (κ2) is 3.00. The van der Waals surface area contributed by atoms with Gasteiger partial charge in [0.05, 0.1) is 10.5 Å². The van der Waals surface area contributed by atoms with Gasteiger partial charge >= 0.3 is 0 Å². The van der Waals surface area contributed by atoms with Gasteiger partial charge in [0.15, 0.2) is 0 Å². The van der Waals surface area contributed by atoms with Crippen LogP contribution < -0.4 is 0 Å². The Kier molecular flexibility index (Phi) is 1.97. The third-order valence-corrected chi connectivity index (χ3v) is 2.31. The van der Waals surface area contributed by atoms with Crippen LogP contribution in [0, 0.1) is 13.8 Å². The number of benzene rings is 1. The minimum Gasteiger partial charge on any atom is -0.254 e. The molecule has 0 bridgehead atoms. The molecule has 0 saturated heterocycles. The summed E-state index contributed by atoms with van der Waals surface area (Å²) >= 11 is 6.05. The predicted molar refractivity (Wildman–Crippen MR) is 56.2 cm³/mol. The molecular formula is C11H10ClN. The van der Waals surface area contributed by atoms with E-state index in [0.29, 0.717) is 0 Å². The van der Waals surface area contributed by atoms with Gasteiger partial charge in [-0.1, -0.05) is 11.6 Å². The van der Waals surface area contributed by atoms with Crippen molar-refractivity contribution in [2.24, 2.45) is 0 Å². The van der Waals surface area contributed by atoms with Crippen molar-refractivity contribution in [3.63, 3.8) is 0 Å². The van der Waals surface area contributed by atoms with Gasteiger partial charge in [-0.2, -0.15) is 0 Å². The highest BCUT2D eigenvalue weighted by Crippen LogP contribution is 2.23. The summed E-state index contributed by atoms with van der Waals surface area (Å²) in [6, 6.07) is 6.13. The molecule has 2 heteroatoms. The van der Waals surface area contributed by atoms with Gasteiger partial charge in [0, 0.05) is 11.6 Å². The average molecular weight is 192 g/mol. The average Bonchev–Trinajstić information content (AvgIpc) is 2.02. The highest BCUT2D eigenvalue weighted by molar-refractivity contribution is 6.35. The zero-order valence-electron chi connectivity index (χ0n) is 7.63. The highest BCUT2D eigenvalue weighted by atomic mass is 35.5. The van der Waals surface area contributed by atoms with Gasteiger partial charge in [-0.3, -0.25) is 4.98 Å². The van der Waals surface area contributed by atoms with Crippen LogP contribution in [0.25, 0.3) is 10.9 Å². The molecule has 0 unspecified atom stereocenters. The second-order valence-corrected chi connectivity index (χ2v) is 3.74. The summed E-state index contributed by atoms with van der Waals surface area (Å²) in [5.41, 5.74) is 3.22. The Bertz CT molecular complexity index is 458. The summed E-state index contributed by atoms with van der Waals surface area (Å²) in [7, 11) is 0. The van der Waals surface area contributed by atoms with E-state index in [9.17, 15) is 0 Å². The maximum atomic E-state index is 6.05. The molecule has 66 valence electrons. The Balaban J connectivity index is 2.86. The summed E-state index contributed by atoms with van der Waals surface area (Å²) in [5, 5.41) is 1.85. The number of fused-ring (bicyclic) bond motifs is 1. The van der Waals surface area contributed by atoms with Gasteiger partial charge in [0.1, 0.15) is 0 Å². The lowest BCUT2D eigenvalue weighted by Gasteiger charge is -2.02. The van der Waals surface area contributed by atoms with E-state index in [0.717, 1.165) is 21.5 Å². The normalized spacial score (nSPS) is 10.7. The predicted octanol–water partition coefficient (Wildman–Crippen LogP) is 3.51. The maximum Gasteiger partial charge on any atom is 0.0888 e. The number of aromatic nitrogens is 1. The molecular weight excluding hydrogens is 182 g/mol. The van der Waals surface area contributed by atoms with E-state index in [2.05, 4.69) is 17.1 Å². The van der Waals surface area contributed by atoms with Crippen molar-refractivity contribution in [2.75, 3.05) is 0 Å². The van der Waals surface area contributed by atoms with Crippen LogP contribution in [0.5, 0.6) is 0 Å². The standard InChI is InChI=1S/C11H10ClN/c1-7-3-9-4-8(2)6-13-11(9)10(12)5-7/h3-6H,1-2H3. The molecule has 1 heterocycles. The number of hydrogen-bond acceptors (Lipinski definition) is 1.